The zero-order valence-corrected chi connectivity index (χ0v) is 11.2. The van der Waals surface area contributed by atoms with E-state index in [9.17, 15) is 14.0 Å². The van der Waals surface area contributed by atoms with Crippen molar-refractivity contribution in [1.82, 2.24) is 0 Å². The fourth-order valence-electron chi connectivity index (χ4n) is 1.71. The maximum atomic E-state index is 12.8. The van der Waals surface area contributed by atoms with Crippen molar-refractivity contribution in [2.75, 3.05) is 10.6 Å². The maximum Gasteiger partial charge on any atom is 0.335 e. The summed E-state index contributed by atoms with van der Waals surface area (Å²) in [7, 11) is 0. The van der Waals surface area contributed by atoms with Gasteiger partial charge >= 0.3 is 12.0 Å². The van der Waals surface area contributed by atoms with Gasteiger partial charge in [0.15, 0.2) is 0 Å². The number of rotatable bonds is 3. The first-order valence-corrected chi connectivity index (χ1v) is 6.13. The van der Waals surface area contributed by atoms with E-state index in [0.717, 1.165) is 5.56 Å². The highest BCUT2D eigenvalue weighted by molar-refractivity contribution is 6.01. The lowest BCUT2D eigenvalue weighted by Crippen LogP contribution is -2.20. The molecule has 2 amide bonds. The van der Waals surface area contributed by atoms with Crippen LogP contribution in [-0.4, -0.2) is 17.1 Å². The summed E-state index contributed by atoms with van der Waals surface area (Å²) in [5.74, 6) is -1.47. The first-order valence-electron chi connectivity index (χ1n) is 6.13. The molecule has 0 unspecified atom stereocenters. The number of amides is 2. The van der Waals surface area contributed by atoms with Crippen molar-refractivity contribution in [1.29, 1.82) is 0 Å². The number of aromatic carboxylic acids is 1. The number of hydrogen-bond acceptors (Lipinski definition) is 2. The Morgan fingerprint density at radius 1 is 1.05 bits per heavy atom. The van der Waals surface area contributed by atoms with Gasteiger partial charge < -0.3 is 15.7 Å². The lowest BCUT2D eigenvalue weighted by atomic mass is 10.1. The van der Waals surface area contributed by atoms with Gasteiger partial charge in [-0.2, -0.15) is 0 Å². The number of aryl methyl sites for hydroxylation is 1. The van der Waals surface area contributed by atoms with Gasteiger partial charge in [-0.25, -0.2) is 14.0 Å². The van der Waals surface area contributed by atoms with Crippen molar-refractivity contribution in [2.24, 2.45) is 0 Å². The minimum Gasteiger partial charge on any atom is -0.478 e. The largest absolute Gasteiger partial charge is 0.478 e. The topological polar surface area (TPSA) is 78.4 Å². The highest BCUT2D eigenvalue weighted by Crippen LogP contribution is 2.17. The molecule has 0 heterocycles. The molecule has 0 aliphatic carbocycles. The number of carboxylic acid groups (broad SMARTS) is 1. The van der Waals surface area contributed by atoms with E-state index in [1.807, 2.05) is 0 Å². The summed E-state index contributed by atoms with van der Waals surface area (Å²) in [6, 6.07) is 9.22. The van der Waals surface area contributed by atoms with Gasteiger partial charge in [-0.05, 0) is 48.9 Å². The Kier molecular flexibility index (Phi) is 4.18. The molecule has 0 spiro atoms. The number of urea groups is 1. The van der Waals surface area contributed by atoms with Gasteiger partial charge in [0, 0.05) is 11.4 Å². The smallest absolute Gasteiger partial charge is 0.335 e. The minimum atomic E-state index is -1.07. The Bertz CT molecular complexity index is 684. The van der Waals surface area contributed by atoms with Crippen LogP contribution in [0.5, 0.6) is 0 Å². The Hall–Kier alpha value is -2.89. The molecule has 0 saturated heterocycles. The molecule has 0 bridgehead atoms. The Morgan fingerprint density at radius 2 is 1.71 bits per heavy atom. The standard InChI is InChI=1S/C15H13FN2O3/c1-9-2-3-10(14(19)20)8-13(9)18-15(21)17-12-6-4-11(16)5-7-12/h2-8H,1H3,(H,19,20)(H2,17,18,21). The SMILES string of the molecule is Cc1ccc(C(=O)O)cc1NC(=O)Nc1ccc(F)cc1. The fraction of sp³-hybridized carbons (Fsp3) is 0.0667. The van der Waals surface area contributed by atoms with E-state index in [4.69, 9.17) is 5.11 Å². The zero-order chi connectivity index (χ0) is 15.4. The predicted octanol–water partition coefficient (Wildman–Crippen LogP) is 3.48. The number of nitrogens with one attached hydrogen (secondary N) is 2. The van der Waals surface area contributed by atoms with Crippen LogP contribution in [-0.2, 0) is 0 Å². The lowest BCUT2D eigenvalue weighted by Gasteiger charge is -2.10. The average Bonchev–Trinajstić information content (AvgIpc) is 2.43. The maximum absolute atomic E-state index is 12.8. The molecular weight excluding hydrogens is 275 g/mol. The summed E-state index contributed by atoms with van der Waals surface area (Å²) in [6.07, 6.45) is 0. The van der Waals surface area contributed by atoms with Crippen LogP contribution in [0.25, 0.3) is 0 Å². The normalized spacial score (nSPS) is 10.0. The highest BCUT2D eigenvalue weighted by atomic mass is 19.1. The molecule has 0 radical (unpaired) electrons. The second-order valence-corrected chi connectivity index (χ2v) is 4.42. The van der Waals surface area contributed by atoms with Crippen LogP contribution in [0.3, 0.4) is 0 Å². The van der Waals surface area contributed by atoms with E-state index >= 15 is 0 Å². The molecule has 0 aliphatic heterocycles. The summed E-state index contributed by atoms with van der Waals surface area (Å²) in [5.41, 5.74) is 1.64. The second kappa shape index (κ2) is 6.04. The predicted molar refractivity (Wildman–Crippen MR) is 77.2 cm³/mol. The molecule has 0 aliphatic rings. The number of hydrogen-bond donors (Lipinski definition) is 3. The second-order valence-electron chi connectivity index (χ2n) is 4.42. The van der Waals surface area contributed by atoms with Gasteiger partial charge in [0.1, 0.15) is 5.82 Å². The van der Waals surface area contributed by atoms with E-state index < -0.39 is 17.8 Å². The zero-order valence-electron chi connectivity index (χ0n) is 11.2. The number of benzene rings is 2. The average molecular weight is 288 g/mol. The Balaban J connectivity index is 2.10. The summed E-state index contributed by atoms with van der Waals surface area (Å²) >= 11 is 0. The van der Waals surface area contributed by atoms with E-state index in [1.54, 1.807) is 13.0 Å². The molecule has 0 atom stereocenters. The molecule has 108 valence electrons. The van der Waals surface area contributed by atoms with Crippen molar-refractivity contribution in [3.05, 3.63) is 59.4 Å². The van der Waals surface area contributed by atoms with Crippen LogP contribution in [0, 0.1) is 12.7 Å². The molecule has 2 rings (SSSR count). The molecule has 0 saturated carbocycles. The monoisotopic (exact) mass is 288 g/mol. The Labute approximate surface area is 120 Å². The quantitative estimate of drug-likeness (QED) is 0.809. The van der Waals surface area contributed by atoms with E-state index in [2.05, 4.69) is 10.6 Å². The summed E-state index contributed by atoms with van der Waals surface area (Å²) < 4.78 is 12.8. The number of carboxylic acids is 1. The summed E-state index contributed by atoms with van der Waals surface area (Å²) in [6.45, 7) is 1.75. The molecule has 0 fully saturated rings. The molecule has 21 heavy (non-hydrogen) atoms. The lowest BCUT2D eigenvalue weighted by molar-refractivity contribution is 0.0697. The van der Waals surface area contributed by atoms with Gasteiger partial charge in [0.05, 0.1) is 5.56 Å². The molecule has 3 N–H and O–H groups in total. The van der Waals surface area contributed by atoms with E-state index in [1.165, 1.54) is 36.4 Å². The summed E-state index contributed by atoms with van der Waals surface area (Å²) in [5, 5.41) is 14.0. The van der Waals surface area contributed by atoms with Gasteiger partial charge in [0.25, 0.3) is 0 Å². The van der Waals surface area contributed by atoms with Gasteiger partial charge in [-0.1, -0.05) is 6.07 Å². The molecule has 2 aromatic carbocycles. The van der Waals surface area contributed by atoms with E-state index in [-0.39, 0.29) is 5.56 Å². The third-order valence-corrected chi connectivity index (χ3v) is 2.83. The fourth-order valence-corrected chi connectivity index (χ4v) is 1.71. The molecular formula is C15H13FN2O3. The van der Waals surface area contributed by atoms with Crippen LogP contribution in [0.1, 0.15) is 15.9 Å². The van der Waals surface area contributed by atoms with Crippen molar-refractivity contribution in [3.8, 4) is 0 Å². The van der Waals surface area contributed by atoms with Crippen LogP contribution in [0.2, 0.25) is 0 Å². The molecule has 5 nitrogen and oxygen atoms in total. The van der Waals surface area contributed by atoms with Crippen LogP contribution in [0.15, 0.2) is 42.5 Å². The van der Waals surface area contributed by atoms with Crippen LogP contribution in [0.4, 0.5) is 20.6 Å². The van der Waals surface area contributed by atoms with Gasteiger partial charge in [0.2, 0.25) is 0 Å². The van der Waals surface area contributed by atoms with E-state index in [0.29, 0.717) is 11.4 Å². The number of halogens is 1. The van der Waals surface area contributed by atoms with Crippen molar-refractivity contribution in [2.45, 2.75) is 6.92 Å². The van der Waals surface area contributed by atoms with Crippen molar-refractivity contribution >= 4 is 23.4 Å². The van der Waals surface area contributed by atoms with Gasteiger partial charge in [-0.3, -0.25) is 0 Å². The summed E-state index contributed by atoms with van der Waals surface area (Å²) in [4.78, 5) is 22.7. The first-order chi connectivity index (χ1) is 9.95. The number of anilines is 2. The third kappa shape index (κ3) is 3.79. The minimum absolute atomic E-state index is 0.0812. The number of carbonyl (C=O) groups is 2. The molecule has 0 aromatic heterocycles. The Morgan fingerprint density at radius 3 is 2.33 bits per heavy atom. The molecule has 6 heteroatoms. The highest BCUT2D eigenvalue weighted by Gasteiger charge is 2.09. The van der Waals surface area contributed by atoms with Gasteiger partial charge in [-0.15, -0.1) is 0 Å². The van der Waals surface area contributed by atoms with Crippen molar-refractivity contribution in [3.63, 3.8) is 0 Å². The first kappa shape index (κ1) is 14.5. The third-order valence-electron chi connectivity index (χ3n) is 2.83. The van der Waals surface area contributed by atoms with Crippen molar-refractivity contribution < 1.29 is 19.1 Å². The molecule has 2 aromatic rings. The van der Waals surface area contributed by atoms with Crippen LogP contribution < -0.4 is 10.6 Å². The van der Waals surface area contributed by atoms with Crippen LogP contribution >= 0.6 is 0 Å². The number of carbonyl (C=O) groups excluding carboxylic acids is 1.